The van der Waals surface area contributed by atoms with Crippen LogP contribution in [0.25, 0.3) is 0 Å². The molecule has 2 aliphatic rings. The lowest BCUT2D eigenvalue weighted by molar-refractivity contribution is -0.138. The molecular formula is C19H28N2O3. The Morgan fingerprint density at radius 2 is 2.17 bits per heavy atom. The van der Waals surface area contributed by atoms with E-state index in [1.165, 1.54) is 6.42 Å². The molecule has 1 unspecified atom stereocenters. The summed E-state index contributed by atoms with van der Waals surface area (Å²) in [5.41, 5.74) is 1.07. The van der Waals surface area contributed by atoms with Gasteiger partial charge in [0.2, 0.25) is 5.91 Å². The molecule has 0 aliphatic carbocycles. The first-order chi connectivity index (χ1) is 11.7. The Labute approximate surface area is 144 Å². The SMILES string of the molecule is CNCCC1CCN(C(=O)C2COc3ccc(OC)cc3C2)CC1. The van der Waals surface area contributed by atoms with E-state index in [9.17, 15) is 4.79 Å². The lowest BCUT2D eigenvalue weighted by Gasteiger charge is -2.35. The highest BCUT2D eigenvalue weighted by Gasteiger charge is 2.31. The number of ether oxygens (including phenoxy) is 2. The zero-order valence-corrected chi connectivity index (χ0v) is 14.7. The monoisotopic (exact) mass is 332 g/mol. The second-order valence-electron chi connectivity index (χ2n) is 6.85. The number of hydrogen-bond donors (Lipinski definition) is 1. The Bertz CT molecular complexity index is 568. The van der Waals surface area contributed by atoms with E-state index in [4.69, 9.17) is 9.47 Å². The number of nitrogens with zero attached hydrogens (tertiary/aromatic N) is 1. The second-order valence-corrected chi connectivity index (χ2v) is 6.85. The molecule has 1 aromatic carbocycles. The van der Waals surface area contributed by atoms with E-state index in [1.54, 1.807) is 7.11 Å². The van der Waals surface area contributed by atoms with Crippen LogP contribution in [-0.4, -0.2) is 51.2 Å². The number of likely N-dealkylation sites (tertiary alicyclic amines) is 1. The van der Waals surface area contributed by atoms with Gasteiger partial charge >= 0.3 is 0 Å². The molecule has 5 nitrogen and oxygen atoms in total. The molecule has 1 atom stereocenters. The van der Waals surface area contributed by atoms with Crippen molar-refractivity contribution in [1.82, 2.24) is 10.2 Å². The van der Waals surface area contributed by atoms with Crippen LogP contribution >= 0.6 is 0 Å². The minimum absolute atomic E-state index is 0.0709. The Morgan fingerprint density at radius 3 is 2.88 bits per heavy atom. The highest BCUT2D eigenvalue weighted by Crippen LogP contribution is 2.32. The summed E-state index contributed by atoms with van der Waals surface area (Å²) in [4.78, 5) is 14.9. The van der Waals surface area contributed by atoms with E-state index in [2.05, 4.69) is 5.32 Å². The van der Waals surface area contributed by atoms with Crippen molar-refractivity contribution in [2.24, 2.45) is 11.8 Å². The second kappa shape index (κ2) is 7.88. The van der Waals surface area contributed by atoms with Crippen molar-refractivity contribution >= 4 is 5.91 Å². The van der Waals surface area contributed by atoms with Crippen LogP contribution < -0.4 is 14.8 Å². The number of fused-ring (bicyclic) bond motifs is 1. The third-order valence-electron chi connectivity index (χ3n) is 5.25. The first-order valence-electron chi connectivity index (χ1n) is 8.94. The molecule has 2 heterocycles. The van der Waals surface area contributed by atoms with E-state index in [1.807, 2.05) is 30.1 Å². The van der Waals surface area contributed by atoms with Gasteiger partial charge in [-0.2, -0.15) is 0 Å². The maximum atomic E-state index is 12.8. The molecule has 0 radical (unpaired) electrons. The summed E-state index contributed by atoms with van der Waals surface area (Å²) in [5, 5.41) is 3.21. The number of methoxy groups -OCH3 is 1. The zero-order chi connectivity index (χ0) is 16.9. The van der Waals surface area contributed by atoms with Gasteiger partial charge in [-0.15, -0.1) is 0 Å². The third kappa shape index (κ3) is 3.83. The van der Waals surface area contributed by atoms with Crippen LogP contribution in [0.4, 0.5) is 0 Å². The van der Waals surface area contributed by atoms with Gasteiger partial charge in [0.15, 0.2) is 0 Å². The van der Waals surface area contributed by atoms with Crippen molar-refractivity contribution in [3.63, 3.8) is 0 Å². The lowest BCUT2D eigenvalue weighted by atomic mass is 9.91. The van der Waals surface area contributed by atoms with Crippen LogP contribution in [0.5, 0.6) is 11.5 Å². The van der Waals surface area contributed by atoms with Crippen molar-refractivity contribution in [1.29, 1.82) is 0 Å². The maximum Gasteiger partial charge on any atom is 0.229 e. The van der Waals surface area contributed by atoms with Gasteiger partial charge in [0.25, 0.3) is 0 Å². The Kier molecular flexibility index (Phi) is 5.61. The molecule has 0 spiro atoms. The van der Waals surface area contributed by atoms with Gasteiger partial charge in [0.05, 0.1) is 13.0 Å². The summed E-state index contributed by atoms with van der Waals surface area (Å²) < 4.78 is 11.1. The Hall–Kier alpha value is -1.75. The van der Waals surface area contributed by atoms with Gasteiger partial charge in [0, 0.05) is 13.1 Å². The molecule has 0 aromatic heterocycles. The Morgan fingerprint density at radius 1 is 1.38 bits per heavy atom. The molecule has 1 fully saturated rings. The highest BCUT2D eigenvalue weighted by molar-refractivity contribution is 5.80. The average Bonchev–Trinajstić information content (AvgIpc) is 2.65. The quantitative estimate of drug-likeness (QED) is 0.897. The third-order valence-corrected chi connectivity index (χ3v) is 5.25. The Balaban J connectivity index is 1.56. The molecule has 1 amide bonds. The topological polar surface area (TPSA) is 50.8 Å². The molecule has 3 rings (SSSR count). The van der Waals surface area contributed by atoms with Gasteiger partial charge < -0.3 is 19.7 Å². The van der Waals surface area contributed by atoms with Crippen molar-refractivity contribution in [3.05, 3.63) is 23.8 Å². The standard InChI is InChI=1S/C19H28N2O3/c1-20-8-5-14-6-9-21(10-7-14)19(22)16-11-15-12-17(23-2)3-4-18(15)24-13-16/h3-4,12,14,16,20H,5-11,13H2,1-2H3. The van der Waals surface area contributed by atoms with Crippen molar-refractivity contribution < 1.29 is 14.3 Å². The lowest BCUT2D eigenvalue weighted by Crippen LogP contribution is -2.45. The molecule has 0 saturated carbocycles. The molecule has 132 valence electrons. The van der Waals surface area contributed by atoms with Gasteiger partial charge in [-0.25, -0.2) is 0 Å². The largest absolute Gasteiger partial charge is 0.497 e. The maximum absolute atomic E-state index is 12.8. The predicted octanol–water partition coefficient (Wildman–Crippen LogP) is 2.09. The van der Waals surface area contributed by atoms with E-state index >= 15 is 0 Å². The summed E-state index contributed by atoms with van der Waals surface area (Å²) in [6.07, 6.45) is 4.18. The number of amides is 1. The molecular weight excluding hydrogens is 304 g/mol. The van der Waals surface area contributed by atoms with Crippen LogP contribution in [0.1, 0.15) is 24.8 Å². The predicted molar refractivity (Wildman–Crippen MR) is 93.5 cm³/mol. The molecule has 24 heavy (non-hydrogen) atoms. The van der Waals surface area contributed by atoms with E-state index in [0.717, 1.165) is 61.9 Å². The van der Waals surface area contributed by atoms with Gasteiger partial charge in [-0.1, -0.05) is 0 Å². The molecule has 0 bridgehead atoms. The van der Waals surface area contributed by atoms with Crippen molar-refractivity contribution in [2.45, 2.75) is 25.7 Å². The van der Waals surface area contributed by atoms with Gasteiger partial charge in [-0.3, -0.25) is 4.79 Å². The fourth-order valence-corrected chi connectivity index (χ4v) is 3.71. The fourth-order valence-electron chi connectivity index (χ4n) is 3.71. The van der Waals surface area contributed by atoms with Gasteiger partial charge in [-0.05, 0) is 69.0 Å². The number of carbonyl (C=O) groups excluding carboxylic acids is 1. The minimum Gasteiger partial charge on any atom is -0.497 e. The average molecular weight is 332 g/mol. The number of nitrogens with one attached hydrogen (secondary N) is 1. The van der Waals surface area contributed by atoms with E-state index in [-0.39, 0.29) is 11.8 Å². The van der Waals surface area contributed by atoms with Crippen LogP contribution in [0.3, 0.4) is 0 Å². The minimum atomic E-state index is -0.0709. The summed E-state index contributed by atoms with van der Waals surface area (Å²) in [5.74, 6) is 2.62. The highest BCUT2D eigenvalue weighted by atomic mass is 16.5. The molecule has 1 saturated heterocycles. The number of benzene rings is 1. The molecule has 5 heteroatoms. The summed E-state index contributed by atoms with van der Waals surface area (Å²) in [6.45, 7) is 3.31. The van der Waals surface area contributed by atoms with Gasteiger partial charge in [0.1, 0.15) is 18.1 Å². The number of rotatable bonds is 5. The zero-order valence-electron chi connectivity index (χ0n) is 14.7. The molecule has 2 aliphatic heterocycles. The smallest absolute Gasteiger partial charge is 0.229 e. The summed E-state index contributed by atoms with van der Waals surface area (Å²) in [7, 11) is 3.65. The molecule has 1 aromatic rings. The number of piperidine rings is 1. The normalized spacial score (nSPS) is 21.1. The van der Waals surface area contributed by atoms with Crippen molar-refractivity contribution in [3.8, 4) is 11.5 Å². The van der Waals surface area contributed by atoms with Crippen LogP contribution in [0.2, 0.25) is 0 Å². The number of hydrogen-bond acceptors (Lipinski definition) is 4. The first-order valence-corrected chi connectivity index (χ1v) is 8.94. The van der Waals surface area contributed by atoms with E-state index in [0.29, 0.717) is 6.61 Å². The first kappa shape index (κ1) is 17.1. The van der Waals surface area contributed by atoms with Crippen LogP contribution in [0, 0.1) is 11.8 Å². The van der Waals surface area contributed by atoms with E-state index < -0.39 is 0 Å². The molecule has 1 N–H and O–H groups in total. The van der Waals surface area contributed by atoms with Crippen LogP contribution in [-0.2, 0) is 11.2 Å². The van der Waals surface area contributed by atoms with Crippen molar-refractivity contribution in [2.75, 3.05) is 40.4 Å². The fraction of sp³-hybridized carbons (Fsp3) is 0.632. The van der Waals surface area contributed by atoms with Crippen LogP contribution in [0.15, 0.2) is 18.2 Å². The summed E-state index contributed by atoms with van der Waals surface area (Å²) in [6, 6.07) is 5.82. The summed E-state index contributed by atoms with van der Waals surface area (Å²) >= 11 is 0. The number of carbonyl (C=O) groups is 1.